The molecule has 2 nitrogen and oxygen atoms in total. The van der Waals surface area contributed by atoms with Crippen molar-refractivity contribution in [3.05, 3.63) is 0 Å². The van der Waals surface area contributed by atoms with Gasteiger partial charge in [0, 0.05) is 12.8 Å². The van der Waals surface area contributed by atoms with E-state index in [4.69, 9.17) is 0 Å². The first-order valence-corrected chi connectivity index (χ1v) is 6.13. The summed E-state index contributed by atoms with van der Waals surface area (Å²) in [6.07, 6.45) is 4.65. The molecule has 0 bridgehead atoms. The highest BCUT2D eigenvalue weighted by Gasteiger charge is 2.26. The molecule has 0 aromatic heterocycles. The average Bonchev–Trinajstić information content (AvgIpc) is 2.22. The number of aliphatic hydroxyl groups is 1. The molecule has 0 aliphatic rings. The van der Waals surface area contributed by atoms with E-state index in [0.717, 1.165) is 25.7 Å². The predicted octanol–water partition coefficient (Wildman–Crippen LogP) is 3.32. The van der Waals surface area contributed by atoms with Crippen LogP contribution in [0.5, 0.6) is 0 Å². The summed E-state index contributed by atoms with van der Waals surface area (Å²) in [7, 11) is 0. The summed E-state index contributed by atoms with van der Waals surface area (Å²) < 4.78 is 0. The number of Topliss-reactive ketones (excluding diaryl/α,β-unsaturated/α-hetero) is 1. The van der Waals surface area contributed by atoms with E-state index in [0.29, 0.717) is 18.6 Å². The Morgan fingerprint density at radius 3 is 2.33 bits per heavy atom. The van der Waals surface area contributed by atoms with E-state index in [1.807, 2.05) is 20.8 Å². The predicted molar refractivity (Wildman–Crippen MR) is 63.8 cm³/mol. The second-order valence-electron chi connectivity index (χ2n) is 5.05. The van der Waals surface area contributed by atoms with Crippen LogP contribution in [0.4, 0.5) is 0 Å². The van der Waals surface area contributed by atoms with Gasteiger partial charge in [0.05, 0.1) is 6.10 Å². The van der Waals surface area contributed by atoms with Gasteiger partial charge in [0.1, 0.15) is 5.78 Å². The summed E-state index contributed by atoms with van der Waals surface area (Å²) >= 11 is 0. The monoisotopic (exact) mass is 214 g/mol. The van der Waals surface area contributed by atoms with Crippen LogP contribution in [0, 0.1) is 5.41 Å². The van der Waals surface area contributed by atoms with Crippen molar-refractivity contribution in [3.8, 4) is 0 Å². The Kier molecular flexibility index (Phi) is 6.82. The first-order chi connectivity index (χ1) is 6.94. The summed E-state index contributed by atoms with van der Waals surface area (Å²) in [6.45, 7) is 8.14. The first kappa shape index (κ1) is 14.6. The van der Waals surface area contributed by atoms with Crippen LogP contribution in [0.1, 0.15) is 66.2 Å². The van der Waals surface area contributed by atoms with E-state index < -0.39 is 0 Å². The molecule has 0 radical (unpaired) electrons. The van der Waals surface area contributed by atoms with Gasteiger partial charge in [0.15, 0.2) is 0 Å². The largest absolute Gasteiger partial charge is 0.393 e. The number of unbranched alkanes of at least 4 members (excludes halogenated alkanes) is 1. The third-order valence-electron chi connectivity index (χ3n) is 3.15. The van der Waals surface area contributed by atoms with Crippen molar-refractivity contribution in [1.82, 2.24) is 0 Å². The van der Waals surface area contributed by atoms with Crippen LogP contribution in [0.25, 0.3) is 0 Å². The van der Waals surface area contributed by atoms with Gasteiger partial charge in [-0.25, -0.2) is 0 Å². The molecular weight excluding hydrogens is 188 g/mol. The lowest BCUT2D eigenvalue weighted by atomic mass is 9.80. The van der Waals surface area contributed by atoms with Crippen LogP contribution in [-0.4, -0.2) is 17.0 Å². The topological polar surface area (TPSA) is 37.3 Å². The first-order valence-electron chi connectivity index (χ1n) is 6.13. The smallest absolute Gasteiger partial charge is 0.132 e. The van der Waals surface area contributed by atoms with E-state index >= 15 is 0 Å². The summed E-state index contributed by atoms with van der Waals surface area (Å²) in [5, 5.41) is 9.76. The Morgan fingerprint density at radius 1 is 1.27 bits per heavy atom. The van der Waals surface area contributed by atoms with Gasteiger partial charge < -0.3 is 5.11 Å². The SMILES string of the molecule is CCCCC(=O)CCC(C)(C)C(O)CC. The zero-order valence-electron chi connectivity index (χ0n) is 10.7. The minimum absolute atomic E-state index is 0.128. The third-order valence-corrected chi connectivity index (χ3v) is 3.15. The number of carbonyl (C=O) groups is 1. The third kappa shape index (κ3) is 5.93. The van der Waals surface area contributed by atoms with Gasteiger partial charge in [-0.1, -0.05) is 34.1 Å². The summed E-state index contributed by atoms with van der Waals surface area (Å²) in [5.41, 5.74) is -0.128. The van der Waals surface area contributed by atoms with Gasteiger partial charge in [-0.3, -0.25) is 4.79 Å². The van der Waals surface area contributed by atoms with Crippen molar-refractivity contribution in [3.63, 3.8) is 0 Å². The fraction of sp³-hybridized carbons (Fsp3) is 0.923. The van der Waals surface area contributed by atoms with Crippen molar-refractivity contribution >= 4 is 5.78 Å². The number of hydrogen-bond donors (Lipinski definition) is 1. The van der Waals surface area contributed by atoms with Crippen LogP contribution in [0.2, 0.25) is 0 Å². The Hall–Kier alpha value is -0.370. The average molecular weight is 214 g/mol. The van der Waals surface area contributed by atoms with Crippen molar-refractivity contribution in [2.75, 3.05) is 0 Å². The number of hydrogen-bond acceptors (Lipinski definition) is 2. The molecule has 2 heteroatoms. The summed E-state index contributed by atoms with van der Waals surface area (Å²) in [6, 6.07) is 0. The molecule has 0 heterocycles. The van der Waals surface area contributed by atoms with Gasteiger partial charge in [-0.15, -0.1) is 0 Å². The fourth-order valence-electron chi connectivity index (χ4n) is 1.68. The summed E-state index contributed by atoms with van der Waals surface area (Å²) in [5.74, 6) is 0.341. The minimum atomic E-state index is -0.295. The number of carbonyl (C=O) groups excluding carboxylic acids is 1. The molecule has 1 unspecified atom stereocenters. The van der Waals surface area contributed by atoms with Gasteiger partial charge >= 0.3 is 0 Å². The van der Waals surface area contributed by atoms with Crippen LogP contribution < -0.4 is 0 Å². The highest BCUT2D eigenvalue weighted by molar-refractivity contribution is 5.78. The van der Waals surface area contributed by atoms with E-state index in [1.165, 1.54) is 0 Å². The van der Waals surface area contributed by atoms with Crippen LogP contribution >= 0.6 is 0 Å². The van der Waals surface area contributed by atoms with Gasteiger partial charge in [0.2, 0.25) is 0 Å². The molecule has 0 aliphatic heterocycles. The van der Waals surface area contributed by atoms with Gasteiger partial charge in [-0.05, 0) is 24.7 Å². The number of rotatable bonds is 8. The van der Waals surface area contributed by atoms with E-state index in [1.54, 1.807) is 0 Å². The van der Waals surface area contributed by atoms with Crippen molar-refractivity contribution < 1.29 is 9.90 Å². The maximum Gasteiger partial charge on any atom is 0.132 e. The second-order valence-corrected chi connectivity index (χ2v) is 5.05. The molecule has 1 N–H and O–H groups in total. The maximum absolute atomic E-state index is 11.5. The second kappa shape index (κ2) is 7.00. The molecule has 0 aromatic rings. The van der Waals surface area contributed by atoms with Gasteiger partial charge in [-0.2, -0.15) is 0 Å². The Labute approximate surface area is 94.1 Å². The lowest BCUT2D eigenvalue weighted by Crippen LogP contribution is -2.29. The minimum Gasteiger partial charge on any atom is -0.393 e. The van der Waals surface area contributed by atoms with E-state index in [2.05, 4.69) is 6.92 Å². The highest BCUT2D eigenvalue weighted by atomic mass is 16.3. The normalized spacial score (nSPS) is 13.9. The van der Waals surface area contributed by atoms with Crippen LogP contribution in [0.3, 0.4) is 0 Å². The number of aliphatic hydroxyl groups excluding tert-OH is 1. The van der Waals surface area contributed by atoms with Crippen LogP contribution in [-0.2, 0) is 4.79 Å². The molecule has 0 aromatic carbocycles. The quantitative estimate of drug-likeness (QED) is 0.673. The van der Waals surface area contributed by atoms with Crippen LogP contribution in [0.15, 0.2) is 0 Å². The molecule has 0 rings (SSSR count). The van der Waals surface area contributed by atoms with Crippen molar-refractivity contribution in [2.24, 2.45) is 5.41 Å². The zero-order valence-corrected chi connectivity index (χ0v) is 10.7. The molecule has 0 fully saturated rings. The fourth-order valence-corrected chi connectivity index (χ4v) is 1.68. The Morgan fingerprint density at radius 2 is 1.87 bits per heavy atom. The van der Waals surface area contributed by atoms with Crippen molar-refractivity contribution in [1.29, 1.82) is 0 Å². The molecule has 0 amide bonds. The maximum atomic E-state index is 11.5. The number of ketones is 1. The Bertz CT molecular complexity index is 185. The molecule has 15 heavy (non-hydrogen) atoms. The molecule has 0 aliphatic carbocycles. The molecule has 1 atom stereocenters. The van der Waals surface area contributed by atoms with Crippen molar-refractivity contribution in [2.45, 2.75) is 72.3 Å². The lowest BCUT2D eigenvalue weighted by Gasteiger charge is -2.29. The molecule has 90 valence electrons. The van der Waals surface area contributed by atoms with E-state index in [9.17, 15) is 9.90 Å². The highest BCUT2D eigenvalue weighted by Crippen LogP contribution is 2.29. The molecule has 0 spiro atoms. The standard InChI is InChI=1S/C13H26O2/c1-5-7-8-11(14)9-10-13(3,4)12(15)6-2/h12,15H,5-10H2,1-4H3. The summed E-state index contributed by atoms with van der Waals surface area (Å²) in [4.78, 5) is 11.5. The molecule has 0 saturated heterocycles. The zero-order chi connectivity index (χ0) is 11.9. The molecule has 0 saturated carbocycles. The van der Waals surface area contributed by atoms with Gasteiger partial charge in [0.25, 0.3) is 0 Å². The Balaban J connectivity index is 3.87. The lowest BCUT2D eigenvalue weighted by molar-refractivity contribution is -0.120. The molecular formula is C13H26O2. The van der Waals surface area contributed by atoms with E-state index in [-0.39, 0.29) is 11.5 Å².